The van der Waals surface area contributed by atoms with Crippen molar-refractivity contribution in [1.82, 2.24) is 15.2 Å². The maximum atomic E-state index is 12.6. The quantitative estimate of drug-likeness (QED) is 0.475. The topological polar surface area (TPSA) is 72.4 Å². The number of rotatable bonds is 9. The molecule has 1 atom stereocenters. The molecule has 0 spiro atoms. The molecule has 31 heavy (non-hydrogen) atoms. The van der Waals surface area contributed by atoms with Gasteiger partial charge in [-0.2, -0.15) is 0 Å². The molecular weight excluding hydrogens is 414 g/mol. The molecule has 3 aromatic rings. The first kappa shape index (κ1) is 22.4. The van der Waals surface area contributed by atoms with E-state index in [1.165, 1.54) is 0 Å². The number of urea groups is 1. The van der Waals surface area contributed by atoms with Gasteiger partial charge >= 0.3 is 12.0 Å². The standard InChI is InChI=1S/C24H26ClN3O3/c1-2-31-23(29)15-22(19-7-4-3-5-8-19)27-24(30)26-16-21-9-6-14-28(21)17-18-10-12-20(25)13-11-18/h3-14,22H,2,15-17H2,1H3,(H2,26,27,30). The van der Waals surface area contributed by atoms with E-state index in [2.05, 4.69) is 15.2 Å². The Morgan fingerprint density at radius 1 is 1.03 bits per heavy atom. The molecule has 0 fully saturated rings. The highest BCUT2D eigenvalue weighted by Crippen LogP contribution is 2.17. The lowest BCUT2D eigenvalue weighted by Gasteiger charge is -2.19. The predicted octanol–water partition coefficient (Wildman–Crippen LogP) is 4.68. The average molecular weight is 440 g/mol. The number of aromatic nitrogens is 1. The molecule has 6 nitrogen and oxygen atoms in total. The summed E-state index contributed by atoms with van der Waals surface area (Å²) in [5.41, 5.74) is 2.92. The van der Waals surface area contributed by atoms with E-state index in [4.69, 9.17) is 16.3 Å². The van der Waals surface area contributed by atoms with Crippen molar-refractivity contribution >= 4 is 23.6 Å². The van der Waals surface area contributed by atoms with Gasteiger partial charge in [0.05, 0.1) is 25.6 Å². The molecule has 7 heteroatoms. The first-order valence-electron chi connectivity index (χ1n) is 10.2. The Morgan fingerprint density at radius 2 is 1.77 bits per heavy atom. The van der Waals surface area contributed by atoms with Gasteiger partial charge in [0, 0.05) is 23.5 Å². The van der Waals surface area contributed by atoms with Crippen LogP contribution in [0.1, 0.15) is 36.2 Å². The van der Waals surface area contributed by atoms with E-state index < -0.39 is 6.04 Å². The predicted molar refractivity (Wildman–Crippen MR) is 121 cm³/mol. The summed E-state index contributed by atoms with van der Waals surface area (Å²) in [5.74, 6) is -0.353. The summed E-state index contributed by atoms with van der Waals surface area (Å²) in [4.78, 5) is 24.6. The smallest absolute Gasteiger partial charge is 0.315 e. The van der Waals surface area contributed by atoms with E-state index in [9.17, 15) is 9.59 Å². The van der Waals surface area contributed by atoms with Crippen LogP contribution < -0.4 is 10.6 Å². The number of nitrogens with one attached hydrogen (secondary N) is 2. The summed E-state index contributed by atoms with van der Waals surface area (Å²) in [5, 5.41) is 6.47. The van der Waals surface area contributed by atoms with E-state index in [-0.39, 0.29) is 18.4 Å². The first-order valence-corrected chi connectivity index (χ1v) is 10.6. The zero-order valence-corrected chi connectivity index (χ0v) is 18.1. The molecule has 2 N–H and O–H groups in total. The van der Waals surface area contributed by atoms with Crippen LogP contribution in [0, 0.1) is 0 Å². The third-order valence-electron chi connectivity index (χ3n) is 4.80. The van der Waals surface area contributed by atoms with Gasteiger partial charge in [-0.1, -0.05) is 54.1 Å². The SMILES string of the molecule is CCOC(=O)CC(NC(=O)NCc1cccn1Cc1ccc(Cl)cc1)c1ccccc1. The molecule has 0 aliphatic heterocycles. The second-order valence-electron chi connectivity index (χ2n) is 7.05. The number of hydrogen-bond donors (Lipinski definition) is 2. The second kappa shape index (κ2) is 11.2. The molecule has 0 aliphatic rings. The van der Waals surface area contributed by atoms with Crippen molar-refractivity contribution in [3.63, 3.8) is 0 Å². The molecule has 1 heterocycles. The van der Waals surface area contributed by atoms with Gasteiger partial charge in [0.15, 0.2) is 0 Å². The van der Waals surface area contributed by atoms with Gasteiger partial charge in [-0.15, -0.1) is 0 Å². The molecular formula is C24H26ClN3O3. The number of carbonyl (C=O) groups is 2. The second-order valence-corrected chi connectivity index (χ2v) is 7.49. The molecule has 0 radical (unpaired) electrons. The van der Waals surface area contributed by atoms with E-state index >= 15 is 0 Å². The Kier molecular flexibility index (Phi) is 8.12. The average Bonchev–Trinajstić information content (AvgIpc) is 3.21. The van der Waals surface area contributed by atoms with Crippen LogP contribution >= 0.6 is 11.6 Å². The minimum atomic E-state index is -0.471. The van der Waals surface area contributed by atoms with E-state index in [1.54, 1.807) is 6.92 Å². The zero-order valence-electron chi connectivity index (χ0n) is 17.4. The van der Waals surface area contributed by atoms with Crippen LogP contribution in [0.25, 0.3) is 0 Å². The Hall–Kier alpha value is -3.25. The summed E-state index contributed by atoms with van der Waals surface area (Å²) in [6.45, 7) is 3.09. The van der Waals surface area contributed by atoms with Crippen molar-refractivity contribution in [1.29, 1.82) is 0 Å². The number of ether oxygens (including phenoxy) is 1. The van der Waals surface area contributed by atoms with Crippen molar-refractivity contribution < 1.29 is 14.3 Å². The highest BCUT2D eigenvalue weighted by molar-refractivity contribution is 6.30. The maximum absolute atomic E-state index is 12.6. The third-order valence-corrected chi connectivity index (χ3v) is 5.06. The zero-order chi connectivity index (χ0) is 22.1. The molecule has 162 valence electrons. The molecule has 1 unspecified atom stereocenters. The number of halogens is 1. The molecule has 0 saturated carbocycles. The monoisotopic (exact) mass is 439 g/mol. The van der Waals surface area contributed by atoms with Crippen LogP contribution in [0.2, 0.25) is 5.02 Å². The number of carbonyl (C=O) groups excluding carboxylic acids is 2. The highest BCUT2D eigenvalue weighted by atomic mass is 35.5. The molecule has 2 amide bonds. The van der Waals surface area contributed by atoms with Crippen LogP contribution in [0.4, 0.5) is 4.79 Å². The van der Waals surface area contributed by atoms with Crippen LogP contribution in [0.5, 0.6) is 0 Å². The van der Waals surface area contributed by atoms with Crippen molar-refractivity contribution in [2.45, 2.75) is 32.5 Å². The maximum Gasteiger partial charge on any atom is 0.315 e. The van der Waals surface area contributed by atoms with Crippen molar-refractivity contribution in [3.8, 4) is 0 Å². The summed E-state index contributed by atoms with van der Waals surface area (Å²) in [6, 6.07) is 20.1. The third kappa shape index (κ3) is 6.89. The van der Waals surface area contributed by atoms with Crippen LogP contribution in [-0.4, -0.2) is 23.2 Å². The van der Waals surface area contributed by atoms with E-state index in [0.29, 0.717) is 24.7 Å². The van der Waals surface area contributed by atoms with Gasteiger partial charge < -0.3 is 19.9 Å². The van der Waals surface area contributed by atoms with Crippen molar-refractivity contribution in [3.05, 3.63) is 94.8 Å². The Morgan fingerprint density at radius 3 is 2.48 bits per heavy atom. The fourth-order valence-corrected chi connectivity index (χ4v) is 3.38. The lowest BCUT2D eigenvalue weighted by atomic mass is 10.0. The Labute approximate surface area is 187 Å². The number of hydrogen-bond acceptors (Lipinski definition) is 3. The molecule has 0 saturated heterocycles. The lowest BCUT2D eigenvalue weighted by molar-refractivity contribution is -0.143. The minimum absolute atomic E-state index is 0.0677. The molecule has 1 aromatic heterocycles. The molecule has 0 bridgehead atoms. The highest BCUT2D eigenvalue weighted by Gasteiger charge is 2.19. The van der Waals surface area contributed by atoms with Gasteiger partial charge in [0.1, 0.15) is 0 Å². The minimum Gasteiger partial charge on any atom is -0.466 e. The number of nitrogens with zero attached hydrogens (tertiary/aromatic N) is 1. The fourth-order valence-electron chi connectivity index (χ4n) is 3.25. The fraction of sp³-hybridized carbons (Fsp3) is 0.250. The number of benzene rings is 2. The van der Waals surface area contributed by atoms with Crippen molar-refractivity contribution in [2.24, 2.45) is 0 Å². The van der Waals surface area contributed by atoms with E-state index in [1.807, 2.05) is 72.9 Å². The van der Waals surface area contributed by atoms with Gasteiger partial charge in [0.2, 0.25) is 0 Å². The lowest BCUT2D eigenvalue weighted by Crippen LogP contribution is -2.38. The summed E-state index contributed by atoms with van der Waals surface area (Å²) in [7, 11) is 0. The first-order chi connectivity index (χ1) is 15.0. The summed E-state index contributed by atoms with van der Waals surface area (Å²) >= 11 is 5.95. The molecule has 3 rings (SSSR count). The van der Waals surface area contributed by atoms with Crippen LogP contribution in [0.15, 0.2) is 72.9 Å². The number of amides is 2. The van der Waals surface area contributed by atoms with Crippen LogP contribution in [-0.2, 0) is 22.6 Å². The summed E-state index contributed by atoms with van der Waals surface area (Å²) < 4.78 is 7.12. The van der Waals surface area contributed by atoms with Gasteiger partial charge in [-0.05, 0) is 42.3 Å². The largest absolute Gasteiger partial charge is 0.466 e. The van der Waals surface area contributed by atoms with E-state index in [0.717, 1.165) is 16.8 Å². The van der Waals surface area contributed by atoms with Gasteiger partial charge in [-0.25, -0.2) is 4.79 Å². The normalized spacial score (nSPS) is 11.5. The molecule has 0 aliphatic carbocycles. The van der Waals surface area contributed by atoms with Gasteiger partial charge in [-0.3, -0.25) is 4.79 Å². The van der Waals surface area contributed by atoms with Crippen molar-refractivity contribution in [2.75, 3.05) is 6.61 Å². The Balaban J connectivity index is 1.60. The van der Waals surface area contributed by atoms with Gasteiger partial charge in [0.25, 0.3) is 0 Å². The summed E-state index contributed by atoms with van der Waals surface area (Å²) in [6.07, 6.45) is 2.04. The Bertz CT molecular complexity index is 987. The molecule has 2 aromatic carbocycles. The van der Waals surface area contributed by atoms with Crippen LogP contribution in [0.3, 0.4) is 0 Å². The number of esters is 1.